The zero-order chi connectivity index (χ0) is 21.4. The van der Waals surface area contributed by atoms with Crippen LogP contribution in [0.2, 0.25) is 0 Å². The molecule has 0 spiro atoms. The molecule has 0 fully saturated rings. The highest BCUT2D eigenvalue weighted by Gasteiger charge is 2.18. The van der Waals surface area contributed by atoms with Gasteiger partial charge in [-0.2, -0.15) is 0 Å². The van der Waals surface area contributed by atoms with Crippen molar-refractivity contribution in [1.82, 2.24) is 0 Å². The summed E-state index contributed by atoms with van der Waals surface area (Å²) in [4.78, 5) is 11.6. The highest BCUT2D eigenvalue weighted by atomic mass is 79.9. The lowest BCUT2D eigenvalue weighted by Gasteiger charge is -2.14. The van der Waals surface area contributed by atoms with Crippen molar-refractivity contribution in [1.29, 1.82) is 0 Å². The van der Waals surface area contributed by atoms with E-state index in [2.05, 4.69) is 33.1 Å². The van der Waals surface area contributed by atoms with Gasteiger partial charge in [0.1, 0.15) is 18.2 Å². The third-order valence-corrected chi connectivity index (χ3v) is 5.94. The van der Waals surface area contributed by atoms with E-state index in [9.17, 15) is 18.3 Å². The molecule has 0 unspecified atom stereocenters. The van der Waals surface area contributed by atoms with Crippen molar-refractivity contribution < 1.29 is 23.1 Å². The summed E-state index contributed by atoms with van der Waals surface area (Å²) in [6.45, 7) is 4.00. The summed E-state index contributed by atoms with van der Waals surface area (Å²) in [5.74, 6) is 4.81. The van der Waals surface area contributed by atoms with Gasteiger partial charge in [-0.05, 0) is 55.3 Å². The fraction of sp³-hybridized carbons (Fsp3) is 0.286. The zero-order valence-corrected chi connectivity index (χ0v) is 18.6. The van der Waals surface area contributed by atoms with Crippen LogP contribution in [0.3, 0.4) is 0 Å². The van der Waals surface area contributed by atoms with E-state index >= 15 is 0 Å². The van der Waals surface area contributed by atoms with Crippen LogP contribution in [0.1, 0.15) is 35.7 Å². The first-order valence-electron chi connectivity index (χ1n) is 8.93. The van der Waals surface area contributed by atoms with Crippen molar-refractivity contribution in [3.8, 4) is 17.6 Å². The minimum Gasteiger partial charge on any atom is -0.481 e. The lowest BCUT2D eigenvalue weighted by molar-refractivity contribution is 0.0697. The summed E-state index contributed by atoms with van der Waals surface area (Å²) in [7, 11) is -3.68. The molecule has 0 aliphatic carbocycles. The van der Waals surface area contributed by atoms with Crippen molar-refractivity contribution in [3.63, 3.8) is 0 Å². The predicted octanol–water partition coefficient (Wildman–Crippen LogP) is 4.48. The first-order valence-corrected chi connectivity index (χ1v) is 11.4. The molecule has 0 atom stereocenters. The van der Waals surface area contributed by atoms with Crippen molar-refractivity contribution in [2.24, 2.45) is 0 Å². The number of carboxylic acids is 1. The summed E-state index contributed by atoms with van der Waals surface area (Å²) in [5, 5.41) is 12.1. The number of carboxylic acid groups (broad SMARTS) is 1. The van der Waals surface area contributed by atoms with Crippen molar-refractivity contribution in [3.05, 3.63) is 52.0 Å². The van der Waals surface area contributed by atoms with Crippen LogP contribution in [-0.2, 0) is 9.84 Å². The molecule has 29 heavy (non-hydrogen) atoms. The van der Waals surface area contributed by atoms with Gasteiger partial charge in [-0.25, -0.2) is 13.2 Å². The number of hydrogen-bond donors (Lipinski definition) is 2. The second-order valence-corrected chi connectivity index (χ2v) is 9.16. The van der Waals surface area contributed by atoms with E-state index < -0.39 is 21.7 Å². The number of unbranched alkanes of at least 4 members (excludes halogenated alkanes) is 1. The average molecular weight is 480 g/mol. The monoisotopic (exact) mass is 479 g/mol. The Morgan fingerprint density at radius 2 is 1.90 bits per heavy atom. The maximum absolute atomic E-state index is 12.6. The van der Waals surface area contributed by atoms with E-state index in [0.29, 0.717) is 15.8 Å². The van der Waals surface area contributed by atoms with Crippen LogP contribution < -0.4 is 10.1 Å². The van der Waals surface area contributed by atoms with Crippen LogP contribution in [0.15, 0.2) is 45.8 Å². The van der Waals surface area contributed by atoms with Crippen molar-refractivity contribution >= 4 is 37.4 Å². The number of sulfone groups is 1. The van der Waals surface area contributed by atoms with Gasteiger partial charge in [0.2, 0.25) is 0 Å². The molecule has 6 nitrogen and oxygen atoms in total. The van der Waals surface area contributed by atoms with E-state index in [-0.39, 0.29) is 22.8 Å². The van der Waals surface area contributed by atoms with Crippen LogP contribution in [0.25, 0.3) is 0 Å². The van der Waals surface area contributed by atoms with Gasteiger partial charge in [0.25, 0.3) is 0 Å². The van der Waals surface area contributed by atoms with E-state index in [4.69, 9.17) is 4.74 Å². The first kappa shape index (κ1) is 22.8. The Bertz CT molecular complexity index is 1040. The average Bonchev–Trinajstić information content (AvgIpc) is 2.67. The summed E-state index contributed by atoms with van der Waals surface area (Å²) in [6.07, 6.45) is 1.80. The molecule has 2 aromatic rings. The van der Waals surface area contributed by atoms with Crippen LogP contribution in [0, 0.1) is 18.8 Å². The molecule has 0 saturated heterocycles. The molecule has 0 aliphatic heterocycles. The van der Waals surface area contributed by atoms with Gasteiger partial charge in [-0.15, -0.1) is 0 Å². The molecular weight excluding hydrogens is 458 g/mol. The van der Waals surface area contributed by atoms with Crippen LogP contribution >= 0.6 is 15.9 Å². The van der Waals surface area contributed by atoms with E-state index in [0.717, 1.165) is 12.8 Å². The molecular formula is C21H22BrNO5S. The molecule has 0 heterocycles. The molecule has 2 N–H and O–H groups in total. The normalized spacial score (nSPS) is 10.7. The van der Waals surface area contributed by atoms with Crippen LogP contribution in [0.5, 0.6) is 5.75 Å². The van der Waals surface area contributed by atoms with Gasteiger partial charge in [-0.1, -0.05) is 34.7 Å². The molecule has 8 heteroatoms. The summed E-state index contributed by atoms with van der Waals surface area (Å²) >= 11 is 3.25. The topological polar surface area (TPSA) is 92.7 Å². The highest BCUT2D eigenvalue weighted by Crippen LogP contribution is 2.27. The Labute approximate surface area is 179 Å². The number of anilines is 1. The molecule has 0 aromatic heterocycles. The molecule has 0 aliphatic rings. The van der Waals surface area contributed by atoms with Gasteiger partial charge >= 0.3 is 5.97 Å². The molecule has 0 bridgehead atoms. The second-order valence-electron chi connectivity index (χ2n) is 6.25. The number of aryl methyl sites for hydroxylation is 1. The first-order chi connectivity index (χ1) is 13.7. The molecule has 2 rings (SSSR count). The fourth-order valence-corrected chi connectivity index (χ4v) is 4.15. The Kier molecular flexibility index (Phi) is 8.11. The van der Waals surface area contributed by atoms with Gasteiger partial charge in [0.15, 0.2) is 9.84 Å². The summed E-state index contributed by atoms with van der Waals surface area (Å²) in [5.41, 5.74) is 0.898. The van der Waals surface area contributed by atoms with Crippen molar-refractivity contribution in [2.75, 3.05) is 17.8 Å². The van der Waals surface area contributed by atoms with Gasteiger partial charge < -0.3 is 15.2 Å². The maximum atomic E-state index is 12.6. The Balaban J connectivity index is 2.09. The standard InChI is InChI=1S/C21H22BrNO5S/c1-3-4-5-6-11-28-17-7-9-18(10-8-17)29(26,27)14-23-20-15(2)12-16(22)13-19(20)21(24)25/h7-10,12-13,23H,3-4,11,14H2,1-2H3,(H,24,25). The Morgan fingerprint density at radius 1 is 1.21 bits per heavy atom. The maximum Gasteiger partial charge on any atom is 0.337 e. The van der Waals surface area contributed by atoms with E-state index in [1.54, 1.807) is 25.1 Å². The summed E-state index contributed by atoms with van der Waals surface area (Å²) in [6, 6.07) is 9.21. The number of nitrogens with one attached hydrogen (secondary N) is 1. The molecule has 0 radical (unpaired) electrons. The minimum atomic E-state index is -3.68. The lowest BCUT2D eigenvalue weighted by Crippen LogP contribution is -2.17. The third-order valence-electron chi connectivity index (χ3n) is 3.96. The predicted molar refractivity (Wildman–Crippen MR) is 116 cm³/mol. The minimum absolute atomic E-state index is 0.00000500. The largest absolute Gasteiger partial charge is 0.481 e. The van der Waals surface area contributed by atoms with Gasteiger partial charge in [0, 0.05) is 10.9 Å². The number of benzene rings is 2. The zero-order valence-electron chi connectivity index (χ0n) is 16.2. The van der Waals surface area contributed by atoms with E-state index in [1.165, 1.54) is 18.2 Å². The van der Waals surface area contributed by atoms with Gasteiger partial charge in [-0.3, -0.25) is 0 Å². The van der Waals surface area contributed by atoms with Gasteiger partial charge in [0.05, 0.1) is 16.1 Å². The highest BCUT2D eigenvalue weighted by molar-refractivity contribution is 9.10. The smallest absolute Gasteiger partial charge is 0.337 e. The number of rotatable bonds is 8. The SMILES string of the molecule is CCCC#CCOc1ccc(S(=O)(=O)CNc2c(C)cc(Br)cc2C(=O)O)cc1. The molecule has 0 saturated carbocycles. The second kappa shape index (κ2) is 10.3. The fourth-order valence-electron chi connectivity index (χ4n) is 2.52. The van der Waals surface area contributed by atoms with E-state index in [1.807, 2.05) is 6.92 Å². The van der Waals surface area contributed by atoms with Crippen molar-refractivity contribution in [2.45, 2.75) is 31.6 Å². The number of carbonyl (C=O) groups is 1. The lowest BCUT2D eigenvalue weighted by atomic mass is 10.1. The quantitative estimate of drug-likeness (QED) is 0.542. The Morgan fingerprint density at radius 3 is 2.52 bits per heavy atom. The number of aromatic carboxylic acids is 1. The molecule has 0 amide bonds. The molecule has 154 valence electrons. The number of hydrogen-bond acceptors (Lipinski definition) is 5. The number of ether oxygens (including phenoxy) is 1. The summed E-state index contributed by atoms with van der Waals surface area (Å²) < 4.78 is 31.3. The Hall–Kier alpha value is -2.50. The third kappa shape index (κ3) is 6.51. The van der Waals surface area contributed by atoms with Crippen LogP contribution in [-0.4, -0.2) is 32.0 Å². The van der Waals surface area contributed by atoms with Crippen LogP contribution in [0.4, 0.5) is 5.69 Å². The molecule has 2 aromatic carbocycles. The number of halogens is 1.